The highest BCUT2D eigenvalue weighted by molar-refractivity contribution is 5.75. The Hall–Kier alpha value is -1.39. The Labute approximate surface area is 95.2 Å². The Morgan fingerprint density at radius 1 is 1.44 bits per heavy atom. The standard InChI is InChI=1S/C12H17NO3/c1-9(12(15)16-2)13-11(8-14)10-6-4-3-5-7-10/h3-7,9,11,13-14H,8H2,1-2H3/t9?,11-/m1/s1. The molecule has 0 aliphatic carbocycles. The van der Waals surface area contributed by atoms with Crippen molar-refractivity contribution in [1.29, 1.82) is 0 Å². The van der Waals surface area contributed by atoms with E-state index in [-0.39, 0.29) is 18.6 Å². The fourth-order valence-corrected chi connectivity index (χ4v) is 1.49. The van der Waals surface area contributed by atoms with Crippen molar-refractivity contribution >= 4 is 5.97 Å². The summed E-state index contributed by atoms with van der Waals surface area (Å²) in [5.41, 5.74) is 0.945. The van der Waals surface area contributed by atoms with Crippen LogP contribution in [0.15, 0.2) is 30.3 Å². The summed E-state index contributed by atoms with van der Waals surface area (Å²) in [6, 6.07) is 8.79. The molecule has 1 rings (SSSR count). The lowest BCUT2D eigenvalue weighted by molar-refractivity contribution is -0.142. The van der Waals surface area contributed by atoms with Crippen LogP contribution < -0.4 is 5.32 Å². The molecular formula is C12H17NO3. The Morgan fingerprint density at radius 3 is 2.56 bits per heavy atom. The van der Waals surface area contributed by atoms with E-state index in [0.29, 0.717) is 0 Å². The molecule has 0 saturated carbocycles. The number of carbonyl (C=O) groups is 1. The van der Waals surface area contributed by atoms with Crippen LogP contribution >= 0.6 is 0 Å². The van der Waals surface area contributed by atoms with E-state index < -0.39 is 6.04 Å². The fraction of sp³-hybridized carbons (Fsp3) is 0.417. The minimum Gasteiger partial charge on any atom is -0.468 e. The summed E-state index contributed by atoms with van der Waals surface area (Å²) in [5, 5.41) is 12.3. The first kappa shape index (κ1) is 12.7. The topological polar surface area (TPSA) is 58.6 Å². The maximum atomic E-state index is 11.2. The molecule has 0 aliphatic rings. The van der Waals surface area contributed by atoms with Crippen molar-refractivity contribution < 1.29 is 14.6 Å². The molecule has 0 aliphatic heterocycles. The van der Waals surface area contributed by atoms with Gasteiger partial charge in [0.2, 0.25) is 0 Å². The fourth-order valence-electron chi connectivity index (χ4n) is 1.49. The second-order valence-corrected chi connectivity index (χ2v) is 3.56. The first-order chi connectivity index (χ1) is 7.69. The Kier molecular flexibility index (Phi) is 4.95. The molecule has 2 N–H and O–H groups in total. The first-order valence-electron chi connectivity index (χ1n) is 5.18. The van der Waals surface area contributed by atoms with Gasteiger partial charge in [0.25, 0.3) is 0 Å². The molecule has 0 bridgehead atoms. The summed E-state index contributed by atoms with van der Waals surface area (Å²) >= 11 is 0. The highest BCUT2D eigenvalue weighted by atomic mass is 16.5. The summed E-state index contributed by atoms with van der Waals surface area (Å²) in [7, 11) is 1.34. The van der Waals surface area contributed by atoms with E-state index in [1.165, 1.54) is 7.11 Å². The number of nitrogens with one attached hydrogen (secondary N) is 1. The Bertz CT molecular complexity index is 326. The van der Waals surface area contributed by atoms with E-state index >= 15 is 0 Å². The van der Waals surface area contributed by atoms with Crippen molar-refractivity contribution in [2.24, 2.45) is 0 Å². The number of aliphatic hydroxyl groups excluding tert-OH is 1. The van der Waals surface area contributed by atoms with Gasteiger partial charge in [-0.1, -0.05) is 30.3 Å². The summed E-state index contributed by atoms with van der Waals surface area (Å²) in [6.07, 6.45) is 0. The van der Waals surface area contributed by atoms with E-state index in [1.807, 2.05) is 30.3 Å². The molecule has 0 radical (unpaired) electrons. The summed E-state index contributed by atoms with van der Waals surface area (Å²) in [5.74, 6) is -0.339. The van der Waals surface area contributed by atoms with Crippen LogP contribution in [0.3, 0.4) is 0 Å². The molecule has 0 aromatic heterocycles. The quantitative estimate of drug-likeness (QED) is 0.727. The van der Waals surface area contributed by atoms with Crippen LogP contribution in [-0.2, 0) is 9.53 Å². The van der Waals surface area contributed by atoms with Gasteiger partial charge in [0, 0.05) is 0 Å². The SMILES string of the molecule is COC(=O)C(C)N[C@H](CO)c1ccccc1. The molecule has 88 valence electrons. The van der Waals surface area contributed by atoms with Gasteiger partial charge in [-0.15, -0.1) is 0 Å². The number of hydrogen-bond donors (Lipinski definition) is 2. The highest BCUT2D eigenvalue weighted by Crippen LogP contribution is 2.12. The Morgan fingerprint density at radius 2 is 2.06 bits per heavy atom. The normalized spacial score (nSPS) is 14.2. The molecular weight excluding hydrogens is 206 g/mol. The van der Waals surface area contributed by atoms with Crippen LogP contribution in [0, 0.1) is 0 Å². The van der Waals surface area contributed by atoms with Gasteiger partial charge in [-0.3, -0.25) is 10.1 Å². The van der Waals surface area contributed by atoms with Gasteiger partial charge < -0.3 is 9.84 Å². The van der Waals surface area contributed by atoms with Gasteiger partial charge in [0.15, 0.2) is 0 Å². The van der Waals surface area contributed by atoms with Gasteiger partial charge in [0.1, 0.15) is 6.04 Å². The van der Waals surface area contributed by atoms with Crippen LogP contribution in [0.4, 0.5) is 0 Å². The second-order valence-electron chi connectivity index (χ2n) is 3.56. The summed E-state index contributed by atoms with van der Waals surface area (Å²) < 4.78 is 4.61. The lowest BCUT2D eigenvalue weighted by atomic mass is 10.1. The molecule has 4 heteroatoms. The Balaban J connectivity index is 2.66. The van der Waals surface area contributed by atoms with E-state index in [0.717, 1.165) is 5.56 Å². The largest absolute Gasteiger partial charge is 0.468 e. The number of ether oxygens (including phenoxy) is 1. The number of hydrogen-bond acceptors (Lipinski definition) is 4. The van der Waals surface area contributed by atoms with Crippen molar-refractivity contribution in [3.8, 4) is 0 Å². The van der Waals surface area contributed by atoms with E-state index in [2.05, 4.69) is 10.1 Å². The zero-order valence-electron chi connectivity index (χ0n) is 9.51. The number of methoxy groups -OCH3 is 1. The smallest absolute Gasteiger partial charge is 0.322 e. The van der Waals surface area contributed by atoms with Gasteiger partial charge in [-0.2, -0.15) is 0 Å². The van der Waals surface area contributed by atoms with Gasteiger partial charge in [0.05, 0.1) is 19.8 Å². The maximum Gasteiger partial charge on any atom is 0.322 e. The monoisotopic (exact) mass is 223 g/mol. The molecule has 2 atom stereocenters. The molecule has 1 unspecified atom stereocenters. The molecule has 16 heavy (non-hydrogen) atoms. The van der Waals surface area contributed by atoms with Crippen molar-refractivity contribution in [2.45, 2.75) is 19.0 Å². The maximum absolute atomic E-state index is 11.2. The third kappa shape index (κ3) is 3.32. The van der Waals surface area contributed by atoms with Gasteiger partial charge in [-0.25, -0.2) is 0 Å². The van der Waals surface area contributed by atoms with E-state index in [4.69, 9.17) is 0 Å². The third-order valence-electron chi connectivity index (χ3n) is 2.39. The van der Waals surface area contributed by atoms with Crippen LogP contribution in [0.25, 0.3) is 0 Å². The molecule has 0 heterocycles. The minimum absolute atomic E-state index is 0.0641. The van der Waals surface area contributed by atoms with Crippen molar-refractivity contribution in [3.05, 3.63) is 35.9 Å². The van der Waals surface area contributed by atoms with Crippen LogP contribution in [0.2, 0.25) is 0 Å². The molecule has 1 aromatic rings. The van der Waals surface area contributed by atoms with Crippen LogP contribution in [-0.4, -0.2) is 30.8 Å². The third-order valence-corrected chi connectivity index (χ3v) is 2.39. The number of benzene rings is 1. The van der Waals surface area contributed by atoms with Crippen molar-refractivity contribution in [2.75, 3.05) is 13.7 Å². The predicted octanol–water partition coefficient (Wildman–Crippen LogP) is 0.871. The molecule has 0 fully saturated rings. The highest BCUT2D eigenvalue weighted by Gasteiger charge is 2.18. The van der Waals surface area contributed by atoms with Crippen LogP contribution in [0.5, 0.6) is 0 Å². The number of aliphatic hydroxyl groups is 1. The zero-order chi connectivity index (χ0) is 12.0. The van der Waals surface area contributed by atoms with Gasteiger partial charge >= 0.3 is 5.97 Å². The van der Waals surface area contributed by atoms with Crippen LogP contribution in [0.1, 0.15) is 18.5 Å². The van der Waals surface area contributed by atoms with Crippen molar-refractivity contribution in [1.82, 2.24) is 5.32 Å². The zero-order valence-corrected chi connectivity index (χ0v) is 9.51. The average Bonchev–Trinajstić information content (AvgIpc) is 2.35. The lowest BCUT2D eigenvalue weighted by Crippen LogP contribution is -2.38. The van der Waals surface area contributed by atoms with E-state index in [1.54, 1.807) is 6.92 Å². The number of rotatable bonds is 5. The van der Waals surface area contributed by atoms with Gasteiger partial charge in [-0.05, 0) is 12.5 Å². The molecule has 1 aromatic carbocycles. The summed E-state index contributed by atoms with van der Waals surface area (Å²) in [6.45, 7) is 1.64. The molecule has 0 amide bonds. The predicted molar refractivity (Wildman–Crippen MR) is 60.9 cm³/mol. The molecule has 0 saturated heterocycles. The summed E-state index contributed by atoms with van der Waals surface area (Å²) in [4.78, 5) is 11.2. The van der Waals surface area contributed by atoms with E-state index in [9.17, 15) is 9.90 Å². The second kappa shape index (κ2) is 6.25. The molecule has 4 nitrogen and oxygen atoms in total. The first-order valence-corrected chi connectivity index (χ1v) is 5.18. The number of carbonyl (C=O) groups excluding carboxylic acids is 1. The number of esters is 1. The lowest BCUT2D eigenvalue weighted by Gasteiger charge is -2.20. The average molecular weight is 223 g/mol. The van der Waals surface area contributed by atoms with Crippen molar-refractivity contribution in [3.63, 3.8) is 0 Å². The minimum atomic E-state index is -0.442. The molecule has 0 spiro atoms.